The van der Waals surface area contributed by atoms with Gasteiger partial charge in [-0.1, -0.05) is 6.07 Å². The van der Waals surface area contributed by atoms with Crippen molar-refractivity contribution < 1.29 is 210 Å². The van der Waals surface area contributed by atoms with Crippen LogP contribution in [0.2, 0.25) is 0 Å². The fourth-order valence-electron chi connectivity index (χ4n) is 3.05. The van der Waals surface area contributed by atoms with Gasteiger partial charge < -0.3 is 31.1 Å². The number of hydrogen-bond donors (Lipinski definition) is 0. The van der Waals surface area contributed by atoms with Gasteiger partial charge in [0.2, 0.25) is 0 Å². The van der Waals surface area contributed by atoms with Gasteiger partial charge in [-0.15, -0.1) is 0 Å². The van der Waals surface area contributed by atoms with Crippen molar-refractivity contribution >= 4 is 37.1 Å². The number of carbonyl (C=O) groups excluding carboxylic acids is 1. The van der Waals surface area contributed by atoms with E-state index in [1.165, 1.54) is 23.1 Å². The number of nitrogens with zero attached hydrogens (tertiary/aromatic N) is 1. The predicted molar refractivity (Wildman–Crippen MR) is 102 cm³/mol. The van der Waals surface area contributed by atoms with E-state index in [4.69, 9.17) is 0 Å². The molecule has 0 saturated heterocycles. The second-order valence-electron chi connectivity index (χ2n) is 6.54. The van der Waals surface area contributed by atoms with Crippen molar-refractivity contribution in [3.63, 3.8) is 0 Å². The first kappa shape index (κ1) is 37.9. The Bertz CT molecular complexity index is 1430. The summed E-state index contributed by atoms with van der Waals surface area (Å²) >= 11 is 0. The van der Waals surface area contributed by atoms with Crippen LogP contribution in [0.5, 0.6) is 17.2 Å². The number of carbonyl (C=O) groups is 1. The second kappa shape index (κ2) is 15.3. The first-order valence-corrected chi connectivity index (χ1v) is 12.6. The average Bonchev–Trinajstić information content (AvgIpc) is 2.65. The maximum absolute atomic E-state index is 12.9. The minimum atomic E-state index is -5.41. The molecule has 2 aromatic rings. The molecule has 1 heterocycles. The Balaban J connectivity index is 0.00000408. The third-order valence-electron chi connectivity index (χ3n) is 4.25. The van der Waals surface area contributed by atoms with Crippen molar-refractivity contribution in [2.75, 3.05) is 6.54 Å². The van der Waals surface area contributed by atoms with Crippen molar-refractivity contribution in [2.45, 2.75) is 13.0 Å². The molecule has 180 valence electrons. The molecule has 0 atom stereocenters. The molecule has 0 aromatic heterocycles. The molecule has 1 aliphatic heterocycles. The summed E-state index contributed by atoms with van der Waals surface area (Å²) in [4.78, 5) is 14.2. The van der Waals surface area contributed by atoms with Gasteiger partial charge in [-0.2, -0.15) is 0 Å². The third kappa shape index (κ3) is 12.2. The summed E-state index contributed by atoms with van der Waals surface area (Å²) in [5, 5.41) is 0. The largest absolute Gasteiger partial charge is 1.00 e. The first-order chi connectivity index (χ1) is 15.1. The SMILES string of the molecule is O=C(c1ccc(OS(=O)(=O)[O-])c(OS(=O)(=O)[O-])c1)N1CCc2cc(OS(=O)(=O)[O-])ccc2C1.[K+].[K+].[K+]. The van der Waals surface area contributed by atoms with Crippen molar-refractivity contribution in [1.82, 2.24) is 4.90 Å². The van der Waals surface area contributed by atoms with E-state index >= 15 is 0 Å². The van der Waals surface area contributed by atoms with Crippen LogP contribution in [0, 0.1) is 0 Å². The maximum atomic E-state index is 12.9. The molecule has 0 unspecified atom stereocenters. The van der Waals surface area contributed by atoms with Crippen LogP contribution >= 0.6 is 0 Å². The van der Waals surface area contributed by atoms with Crippen LogP contribution in [0.3, 0.4) is 0 Å². The number of hydrogen-bond acceptors (Lipinski definition) is 13. The number of amides is 1. The molecule has 20 heteroatoms. The van der Waals surface area contributed by atoms with Gasteiger partial charge in [0.25, 0.3) is 37.1 Å². The van der Waals surface area contributed by atoms with E-state index in [9.17, 15) is 43.7 Å². The molecule has 0 N–H and O–H groups in total. The van der Waals surface area contributed by atoms with Gasteiger partial charge in [-0.05, 0) is 47.9 Å². The molecule has 3 rings (SSSR count). The standard InChI is InChI=1S/C16H15NO13S3.3K/c18-16(11-2-4-14(29-32(22,23)24)15(8-11)30-33(25,26)27)17-6-5-10-7-13(28-31(19,20)21)3-1-12(10)9-17;;;/h1-4,7-8H,5-6,9H2,(H,19,20,21)(H,22,23,24)(H,25,26,27);;;/q;3*+1/p-3. The zero-order chi connectivity index (χ0) is 24.6. The second-order valence-corrected chi connectivity index (χ2v) is 9.49. The summed E-state index contributed by atoms with van der Waals surface area (Å²) in [7, 11) is -15.7. The molecule has 1 aliphatic rings. The summed E-state index contributed by atoms with van der Waals surface area (Å²) in [6.45, 7) is 0.143. The average molecular weight is 640 g/mol. The van der Waals surface area contributed by atoms with E-state index in [1.54, 1.807) is 0 Å². The summed E-state index contributed by atoms with van der Waals surface area (Å²) in [6.07, 6.45) is 0.241. The zero-order valence-corrected chi connectivity index (χ0v) is 30.9. The van der Waals surface area contributed by atoms with Crippen molar-refractivity contribution in [2.24, 2.45) is 0 Å². The molecule has 0 spiro atoms. The Kier molecular flexibility index (Phi) is 16.1. The van der Waals surface area contributed by atoms with Gasteiger partial charge in [0.15, 0.2) is 11.5 Å². The van der Waals surface area contributed by atoms with Crippen molar-refractivity contribution in [3.05, 3.63) is 53.1 Å². The monoisotopic (exact) mass is 639 g/mol. The van der Waals surface area contributed by atoms with Crippen LogP contribution in [0.15, 0.2) is 36.4 Å². The van der Waals surface area contributed by atoms with E-state index in [0.29, 0.717) is 11.1 Å². The van der Waals surface area contributed by atoms with E-state index in [-0.39, 0.29) is 185 Å². The Labute approximate surface area is 334 Å². The van der Waals surface area contributed by atoms with E-state index in [2.05, 4.69) is 12.5 Å². The number of rotatable bonds is 7. The van der Waals surface area contributed by atoms with Gasteiger partial charge in [0, 0.05) is 18.7 Å². The van der Waals surface area contributed by atoms with Crippen molar-refractivity contribution in [1.29, 1.82) is 0 Å². The molecule has 36 heavy (non-hydrogen) atoms. The summed E-state index contributed by atoms with van der Waals surface area (Å²) in [5.41, 5.74) is 0.998. The Morgan fingerprint density at radius 2 is 1.28 bits per heavy atom. The fraction of sp³-hybridized carbons (Fsp3) is 0.188. The molecule has 2 aromatic carbocycles. The Hall–Kier alpha value is 1.95. The number of benzene rings is 2. The molecule has 14 nitrogen and oxygen atoms in total. The zero-order valence-electron chi connectivity index (χ0n) is 19.1. The van der Waals surface area contributed by atoms with Crippen LogP contribution in [0.1, 0.15) is 21.5 Å². The minimum Gasteiger partial charge on any atom is -0.716 e. The van der Waals surface area contributed by atoms with Crippen LogP contribution < -0.4 is 167 Å². The molecule has 0 saturated carbocycles. The van der Waals surface area contributed by atoms with Crippen LogP contribution in [0.25, 0.3) is 0 Å². The van der Waals surface area contributed by atoms with E-state index in [1.807, 2.05) is 0 Å². The number of fused-ring (bicyclic) bond motifs is 1. The van der Waals surface area contributed by atoms with Gasteiger partial charge in [-0.3, -0.25) is 4.79 Å². The summed E-state index contributed by atoms with van der Waals surface area (Å²) < 4.78 is 110. The van der Waals surface area contributed by atoms with Crippen LogP contribution in [-0.4, -0.2) is 56.3 Å². The normalized spacial score (nSPS) is 13.1. The van der Waals surface area contributed by atoms with E-state index in [0.717, 1.165) is 18.2 Å². The third-order valence-corrected chi connectivity index (χ3v) is 5.41. The molecule has 0 radical (unpaired) electrons. The summed E-state index contributed by atoms with van der Waals surface area (Å²) in [5.74, 6) is -2.75. The van der Waals surface area contributed by atoms with Crippen LogP contribution in [-0.2, 0) is 44.2 Å². The predicted octanol–water partition coefficient (Wildman–Crippen LogP) is -9.59. The van der Waals surface area contributed by atoms with Crippen molar-refractivity contribution in [3.8, 4) is 17.2 Å². The Morgan fingerprint density at radius 1 is 0.722 bits per heavy atom. The van der Waals surface area contributed by atoms with Gasteiger partial charge >= 0.3 is 154 Å². The molecule has 0 bridgehead atoms. The summed E-state index contributed by atoms with van der Waals surface area (Å²) in [6, 6.07) is 6.54. The van der Waals surface area contributed by atoms with E-state index < -0.39 is 48.6 Å². The topological polar surface area (TPSA) is 220 Å². The van der Waals surface area contributed by atoms with Crippen LogP contribution in [0.4, 0.5) is 0 Å². The van der Waals surface area contributed by atoms with Gasteiger partial charge in [0.05, 0.1) is 0 Å². The van der Waals surface area contributed by atoms with Gasteiger partial charge in [-0.25, -0.2) is 25.3 Å². The quantitative estimate of drug-likeness (QED) is 0.156. The Morgan fingerprint density at radius 3 is 1.83 bits per heavy atom. The molecular weight excluding hydrogens is 628 g/mol. The molecule has 0 fully saturated rings. The first-order valence-electron chi connectivity index (χ1n) is 8.61. The maximum Gasteiger partial charge on any atom is 1.00 e. The fourth-order valence-corrected chi connectivity index (χ4v) is 4.10. The van der Waals surface area contributed by atoms with Gasteiger partial charge in [0.1, 0.15) is 5.75 Å². The smallest absolute Gasteiger partial charge is 0.716 e. The molecular formula is C16H12K3NO13S3. The molecule has 0 aliphatic carbocycles. The molecule has 1 amide bonds. The minimum absolute atomic E-state index is 0.